The van der Waals surface area contributed by atoms with Crippen molar-refractivity contribution in [3.05, 3.63) is 47.3 Å². The molecule has 0 radical (unpaired) electrons. The van der Waals surface area contributed by atoms with Crippen molar-refractivity contribution < 1.29 is 31.1 Å². The number of hydrogen-bond acceptors (Lipinski definition) is 5. The predicted molar refractivity (Wildman–Crippen MR) is 96.8 cm³/mol. The lowest BCUT2D eigenvalue weighted by Crippen LogP contribution is -2.38. The zero-order chi connectivity index (χ0) is 20.6. The van der Waals surface area contributed by atoms with Crippen LogP contribution in [0.1, 0.15) is 5.56 Å². The molecule has 0 bridgehead atoms. The van der Waals surface area contributed by atoms with Crippen LogP contribution >= 0.6 is 0 Å². The molecule has 0 aliphatic carbocycles. The van der Waals surface area contributed by atoms with E-state index in [-0.39, 0.29) is 17.5 Å². The summed E-state index contributed by atoms with van der Waals surface area (Å²) in [4.78, 5) is 0.697. The molecule has 152 valence electrons. The highest BCUT2D eigenvalue weighted by Gasteiger charge is 2.30. The quantitative estimate of drug-likeness (QED) is 0.812. The minimum atomic E-state index is -4.67. The van der Waals surface area contributed by atoms with E-state index in [1.54, 1.807) is 0 Å². The molecule has 1 aliphatic rings. The number of fused-ring (bicyclic) bond motifs is 1. The third kappa shape index (κ3) is 3.74. The van der Waals surface area contributed by atoms with Crippen LogP contribution in [0.15, 0.2) is 29.2 Å². The molecule has 0 fully saturated rings. The number of nitrogens with zero attached hydrogens (tertiary/aromatic N) is 1. The van der Waals surface area contributed by atoms with Crippen molar-refractivity contribution in [2.24, 2.45) is 0 Å². The Morgan fingerprint density at radius 1 is 1.18 bits per heavy atom. The maximum absolute atomic E-state index is 14.0. The molecule has 0 unspecified atom stereocenters. The predicted octanol–water partition coefficient (Wildman–Crippen LogP) is 2.78. The van der Waals surface area contributed by atoms with E-state index in [0.29, 0.717) is 36.5 Å². The van der Waals surface area contributed by atoms with Crippen molar-refractivity contribution in [3.8, 4) is 11.5 Å². The lowest BCUT2D eigenvalue weighted by Gasteiger charge is -2.32. The molecule has 1 N–H and O–H groups in total. The van der Waals surface area contributed by atoms with Gasteiger partial charge in [0.1, 0.15) is 35.6 Å². The summed E-state index contributed by atoms with van der Waals surface area (Å²) in [5, 5.41) is 0. The standard InChI is InChI=1S/C18H19F3N2O4S/c1-23(2)11-8-12-16(26-3)5-4-15(17(12)27-9-11)22-28(24,25)18-13(20)6-10(19)7-14(18)21/h4-7,11,22H,8-9H2,1-3H3/t11-/m1/s1. The second-order valence-electron chi connectivity index (χ2n) is 6.56. The number of anilines is 1. The molecule has 2 aromatic rings. The Balaban J connectivity index is 2.03. The minimum absolute atomic E-state index is 0.0103. The van der Waals surface area contributed by atoms with E-state index >= 15 is 0 Å². The molecule has 0 spiro atoms. The maximum atomic E-state index is 14.0. The number of halogens is 3. The molecular weight excluding hydrogens is 397 g/mol. The molecule has 0 aromatic heterocycles. The average molecular weight is 416 g/mol. The number of likely N-dealkylation sites (N-methyl/N-ethyl adjacent to an activating group) is 1. The topological polar surface area (TPSA) is 67.9 Å². The van der Waals surface area contributed by atoms with Gasteiger partial charge in [-0.05, 0) is 32.6 Å². The summed E-state index contributed by atoms with van der Waals surface area (Å²) < 4.78 is 79.3. The van der Waals surface area contributed by atoms with Crippen molar-refractivity contribution in [1.29, 1.82) is 0 Å². The summed E-state index contributed by atoms with van der Waals surface area (Å²) in [6.07, 6.45) is 0.528. The molecule has 1 aliphatic heterocycles. The third-order valence-corrected chi connectivity index (χ3v) is 5.92. The Bertz CT molecular complexity index is 989. The van der Waals surface area contributed by atoms with Gasteiger partial charge in [0.15, 0.2) is 4.90 Å². The number of hydrogen-bond donors (Lipinski definition) is 1. The molecule has 3 rings (SSSR count). The van der Waals surface area contributed by atoms with Crippen LogP contribution in [0.5, 0.6) is 11.5 Å². The highest BCUT2D eigenvalue weighted by Crippen LogP contribution is 2.41. The SMILES string of the molecule is COc1ccc(NS(=O)(=O)c2c(F)cc(F)cc2F)c2c1C[C@@H](N(C)C)CO2. The van der Waals surface area contributed by atoms with Gasteiger partial charge in [-0.25, -0.2) is 21.6 Å². The zero-order valence-electron chi connectivity index (χ0n) is 15.4. The Hall–Kier alpha value is -2.46. The van der Waals surface area contributed by atoms with E-state index in [4.69, 9.17) is 9.47 Å². The highest BCUT2D eigenvalue weighted by molar-refractivity contribution is 7.92. The van der Waals surface area contributed by atoms with Crippen LogP contribution in [-0.4, -0.2) is 47.2 Å². The molecule has 10 heteroatoms. The van der Waals surface area contributed by atoms with Gasteiger partial charge < -0.3 is 14.4 Å². The van der Waals surface area contributed by atoms with Gasteiger partial charge in [-0.2, -0.15) is 0 Å². The van der Waals surface area contributed by atoms with E-state index in [9.17, 15) is 21.6 Å². The smallest absolute Gasteiger partial charge is 0.267 e. The fourth-order valence-electron chi connectivity index (χ4n) is 3.03. The number of ether oxygens (including phenoxy) is 2. The Morgan fingerprint density at radius 2 is 1.82 bits per heavy atom. The van der Waals surface area contributed by atoms with E-state index in [1.807, 2.05) is 19.0 Å². The van der Waals surface area contributed by atoms with Gasteiger partial charge >= 0.3 is 0 Å². The van der Waals surface area contributed by atoms with Crippen LogP contribution in [0.3, 0.4) is 0 Å². The first-order valence-electron chi connectivity index (χ1n) is 8.30. The van der Waals surface area contributed by atoms with Gasteiger partial charge in [0, 0.05) is 23.7 Å². The first-order valence-corrected chi connectivity index (χ1v) is 9.78. The molecule has 1 heterocycles. The van der Waals surface area contributed by atoms with Gasteiger partial charge in [0.25, 0.3) is 10.0 Å². The molecule has 0 amide bonds. The number of nitrogens with one attached hydrogen (secondary N) is 1. The lowest BCUT2D eigenvalue weighted by molar-refractivity contribution is 0.164. The molecule has 1 atom stereocenters. The Kier molecular flexibility index (Phi) is 5.44. The lowest BCUT2D eigenvalue weighted by atomic mass is 10.00. The van der Waals surface area contributed by atoms with E-state index in [0.717, 1.165) is 0 Å². The molecule has 0 saturated heterocycles. The van der Waals surface area contributed by atoms with E-state index in [1.165, 1.54) is 19.2 Å². The summed E-state index contributed by atoms with van der Waals surface area (Å²) in [5.41, 5.74) is 0.642. The molecule has 6 nitrogen and oxygen atoms in total. The second-order valence-corrected chi connectivity index (χ2v) is 8.18. The molecule has 0 saturated carbocycles. The highest BCUT2D eigenvalue weighted by atomic mass is 32.2. The summed E-state index contributed by atoms with van der Waals surface area (Å²) in [6, 6.07) is 3.57. The number of methoxy groups -OCH3 is 1. The first kappa shape index (κ1) is 20.3. The van der Waals surface area contributed by atoms with Crippen LogP contribution in [0.25, 0.3) is 0 Å². The van der Waals surface area contributed by atoms with Crippen LogP contribution < -0.4 is 14.2 Å². The minimum Gasteiger partial charge on any atom is -0.496 e. The summed E-state index contributed by atoms with van der Waals surface area (Å²) in [5.74, 6) is -3.54. The van der Waals surface area contributed by atoms with E-state index in [2.05, 4.69) is 4.72 Å². The fourth-order valence-corrected chi connectivity index (χ4v) is 4.21. The van der Waals surface area contributed by atoms with E-state index < -0.39 is 32.4 Å². The molecule has 2 aromatic carbocycles. The Labute approximate surface area is 160 Å². The summed E-state index contributed by atoms with van der Waals surface area (Å²) >= 11 is 0. The summed E-state index contributed by atoms with van der Waals surface area (Å²) in [6.45, 7) is 0.293. The Morgan fingerprint density at radius 3 is 2.39 bits per heavy atom. The van der Waals surface area contributed by atoms with Crippen LogP contribution in [-0.2, 0) is 16.4 Å². The normalized spacial score (nSPS) is 16.5. The zero-order valence-corrected chi connectivity index (χ0v) is 16.2. The van der Waals surface area contributed by atoms with Crippen molar-refractivity contribution in [3.63, 3.8) is 0 Å². The van der Waals surface area contributed by atoms with Crippen molar-refractivity contribution >= 4 is 15.7 Å². The number of rotatable bonds is 5. The van der Waals surface area contributed by atoms with Crippen molar-refractivity contribution in [2.45, 2.75) is 17.4 Å². The first-order chi connectivity index (χ1) is 13.1. The largest absolute Gasteiger partial charge is 0.496 e. The maximum Gasteiger partial charge on any atom is 0.267 e. The van der Waals surface area contributed by atoms with Crippen molar-refractivity contribution in [2.75, 3.05) is 32.5 Å². The monoisotopic (exact) mass is 416 g/mol. The number of benzene rings is 2. The van der Waals surface area contributed by atoms with Gasteiger partial charge in [-0.15, -0.1) is 0 Å². The molecular formula is C18H19F3N2O4S. The van der Waals surface area contributed by atoms with Gasteiger partial charge in [-0.1, -0.05) is 0 Å². The van der Waals surface area contributed by atoms with Crippen LogP contribution in [0.4, 0.5) is 18.9 Å². The summed E-state index contributed by atoms with van der Waals surface area (Å²) in [7, 11) is 0.576. The van der Waals surface area contributed by atoms with Crippen molar-refractivity contribution in [1.82, 2.24) is 4.90 Å². The molecule has 28 heavy (non-hydrogen) atoms. The average Bonchev–Trinajstić information content (AvgIpc) is 2.60. The van der Waals surface area contributed by atoms with Crippen LogP contribution in [0, 0.1) is 17.5 Å². The van der Waals surface area contributed by atoms with Gasteiger partial charge in [-0.3, -0.25) is 4.72 Å². The fraction of sp³-hybridized carbons (Fsp3) is 0.333. The third-order valence-electron chi connectivity index (χ3n) is 4.50. The van der Waals surface area contributed by atoms with Crippen LogP contribution in [0.2, 0.25) is 0 Å². The number of sulfonamides is 1. The second kappa shape index (κ2) is 7.51. The van der Waals surface area contributed by atoms with Gasteiger partial charge in [0.2, 0.25) is 0 Å². The van der Waals surface area contributed by atoms with Gasteiger partial charge in [0.05, 0.1) is 12.8 Å².